The summed E-state index contributed by atoms with van der Waals surface area (Å²) in [7, 11) is -1.08. The zero-order chi connectivity index (χ0) is 28.7. The highest BCUT2D eigenvalue weighted by Gasteiger charge is 2.34. The van der Waals surface area contributed by atoms with E-state index in [4.69, 9.17) is 16.3 Å². The van der Waals surface area contributed by atoms with Gasteiger partial charge in [0, 0.05) is 18.6 Å². The molecule has 39 heavy (non-hydrogen) atoms. The zero-order valence-corrected chi connectivity index (χ0v) is 24.3. The molecule has 3 aromatic rings. The number of carbonyl (C=O) groups excluding carboxylic acids is 2. The van der Waals surface area contributed by atoms with Gasteiger partial charge >= 0.3 is 0 Å². The standard InChI is InChI=1S/C29H34ClN3O5S/c1-6-26(29(35)31-4)32(18-22-9-12-24(38-5)13-10-22)28(34)19-33(27-16-11-23(30)17-21(27)3)39(36,37)25-14-7-20(2)8-15-25/h7-17,26H,6,18-19H2,1-5H3,(H,31,35)/t26-/m1/s1. The molecular weight excluding hydrogens is 538 g/mol. The summed E-state index contributed by atoms with van der Waals surface area (Å²) in [6, 6.07) is 17.6. The topological polar surface area (TPSA) is 96.0 Å². The largest absolute Gasteiger partial charge is 0.497 e. The second kappa shape index (κ2) is 13.0. The Balaban J connectivity index is 2.08. The van der Waals surface area contributed by atoms with Gasteiger partial charge in [-0.25, -0.2) is 8.42 Å². The van der Waals surface area contributed by atoms with E-state index in [0.717, 1.165) is 15.4 Å². The van der Waals surface area contributed by atoms with Crippen molar-refractivity contribution in [2.75, 3.05) is 25.0 Å². The maximum Gasteiger partial charge on any atom is 0.264 e. The van der Waals surface area contributed by atoms with Crippen LogP contribution in [0.1, 0.15) is 30.0 Å². The highest BCUT2D eigenvalue weighted by atomic mass is 35.5. The molecule has 0 aromatic heterocycles. The smallest absolute Gasteiger partial charge is 0.264 e. The molecule has 2 amide bonds. The van der Waals surface area contributed by atoms with Crippen molar-refractivity contribution in [3.63, 3.8) is 0 Å². The van der Waals surface area contributed by atoms with E-state index < -0.39 is 28.5 Å². The van der Waals surface area contributed by atoms with Gasteiger partial charge < -0.3 is 15.0 Å². The highest BCUT2D eigenvalue weighted by Crippen LogP contribution is 2.30. The van der Waals surface area contributed by atoms with Gasteiger partial charge in [0.25, 0.3) is 10.0 Å². The fraction of sp³-hybridized carbons (Fsp3) is 0.310. The third-order valence-corrected chi connectivity index (χ3v) is 8.47. The number of amides is 2. The van der Waals surface area contributed by atoms with Crippen molar-refractivity contribution in [2.45, 2.75) is 44.7 Å². The molecule has 8 nitrogen and oxygen atoms in total. The minimum atomic E-state index is -4.15. The second-order valence-corrected chi connectivity index (χ2v) is 11.5. The number of benzene rings is 3. The number of hydrogen-bond donors (Lipinski definition) is 1. The van der Waals surface area contributed by atoms with Gasteiger partial charge in [0.15, 0.2) is 0 Å². The number of carbonyl (C=O) groups is 2. The Morgan fingerprint density at radius 2 is 1.64 bits per heavy atom. The van der Waals surface area contributed by atoms with Crippen LogP contribution < -0.4 is 14.4 Å². The molecule has 0 heterocycles. The van der Waals surface area contributed by atoms with Crippen molar-refractivity contribution >= 4 is 39.1 Å². The average Bonchev–Trinajstić information content (AvgIpc) is 2.92. The molecule has 0 aliphatic heterocycles. The maximum atomic E-state index is 14.0. The molecule has 1 atom stereocenters. The van der Waals surface area contributed by atoms with Crippen LogP contribution in [0.5, 0.6) is 5.75 Å². The molecular formula is C29H34ClN3O5S. The third-order valence-electron chi connectivity index (χ3n) is 6.46. The maximum absolute atomic E-state index is 14.0. The summed E-state index contributed by atoms with van der Waals surface area (Å²) in [4.78, 5) is 28.3. The van der Waals surface area contributed by atoms with E-state index in [1.165, 1.54) is 24.1 Å². The Labute approximate surface area is 235 Å². The van der Waals surface area contributed by atoms with E-state index >= 15 is 0 Å². The monoisotopic (exact) mass is 571 g/mol. The molecule has 0 bridgehead atoms. The number of nitrogens with one attached hydrogen (secondary N) is 1. The summed E-state index contributed by atoms with van der Waals surface area (Å²) in [5.74, 6) is -0.204. The Morgan fingerprint density at radius 3 is 2.18 bits per heavy atom. The van der Waals surface area contributed by atoms with Gasteiger partial charge in [-0.3, -0.25) is 13.9 Å². The van der Waals surface area contributed by atoms with E-state index in [0.29, 0.717) is 28.4 Å². The van der Waals surface area contributed by atoms with Crippen molar-refractivity contribution in [1.82, 2.24) is 10.2 Å². The molecule has 0 unspecified atom stereocenters. The normalized spacial score (nSPS) is 11.9. The van der Waals surface area contributed by atoms with Crippen LogP contribution in [0.4, 0.5) is 5.69 Å². The average molecular weight is 572 g/mol. The van der Waals surface area contributed by atoms with Crippen LogP contribution in [-0.2, 0) is 26.2 Å². The van der Waals surface area contributed by atoms with Gasteiger partial charge in [0.1, 0.15) is 18.3 Å². The lowest BCUT2D eigenvalue weighted by atomic mass is 10.1. The molecule has 0 fully saturated rings. The zero-order valence-electron chi connectivity index (χ0n) is 22.8. The minimum absolute atomic E-state index is 0.0512. The van der Waals surface area contributed by atoms with Crippen LogP contribution in [0.25, 0.3) is 0 Å². The molecule has 1 N–H and O–H groups in total. The van der Waals surface area contributed by atoms with Crippen molar-refractivity contribution < 1.29 is 22.7 Å². The summed E-state index contributed by atoms with van der Waals surface area (Å²) in [6.07, 6.45) is 0.340. The summed E-state index contributed by atoms with van der Waals surface area (Å²) in [5.41, 5.74) is 2.58. The number of likely N-dealkylation sites (N-methyl/N-ethyl adjacent to an activating group) is 1. The molecule has 0 aliphatic carbocycles. The van der Waals surface area contributed by atoms with Gasteiger partial charge in [-0.1, -0.05) is 48.4 Å². The Kier molecular flexibility index (Phi) is 9.99. The highest BCUT2D eigenvalue weighted by molar-refractivity contribution is 7.92. The van der Waals surface area contributed by atoms with Gasteiger partial charge in [-0.2, -0.15) is 0 Å². The van der Waals surface area contributed by atoms with Crippen molar-refractivity contribution in [3.8, 4) is 5.75 Å². The first-order chi connectivity index (χ1) is 18.5. The van der Waals surface area contributed by atoms with Crippen LogP contribution in [0, 0.1) is 13.8 Å². The lowest BCUT2D eigenvalue weighted by molar-refractivity contribution is -0.140. The van der Waals surface area contributed by atoms with E-state index in [1.807, 2.05) is 6.92 Å². The molecule has 0 saturated carbocycles. The second-order valence-electron chi connectivity index (χ2n) is 9.16. The van der Waals surface area contributed by atoms with Crippen molar-refractivity contribution in [1.29, 1.82) is 0 Å². The van der Waals surface area contributed by atoms with Crippen molar-refractivity contribution in [3.05, 3.63) is 88.4 Å². The summed E-state index contributed by atoms with van der Waals surface area (Å²) >= 11 is 6.15. The number of sulfonamides is 1. The first-order valence-electron chi connectivity index (χ1n) is 12.5. The van der Waals surface area contributed by atoms with Crippen molar-refractivity contribution in [2.24, 2.45) is 0 Å². The first kappa shape index (κ1) is 30.0. The lowest BCUT2D eigenvalue weighted by Gasteiger charge is -2.33. The SMILES string of the molecule is CC[C@H](C(=O)NC)N(Cc1ccc(OC)cc1)C(=O)CN(c1ccc(Cl)cc1C)S(=O)(=O)c1ccc(C)cc1. The molecule has 3 aromatic carbocycles. The van der Waals surface area contributed by atoms with Crippen LogP contribution in [0.2, 0.25) is 5.02 Å². The number of aryl methyl sites for hydroxylation is 2. The summed E-state index contributed by atoms with van der Waals surface area (Å²) in [6.45, 7) is 4.99. The van der Waals surface area contributed by atoms with Gasteiger partial charge in [-0.05, 0) is 73.9 Å². The van der Waals surface area contributed by atoms with Crippen LogP contribution >= 0.6 is 11.6 Å². The van der Waals surface area contributed by atoms with Gasteiger partial charge in [0.05, 0.1) is 17.7 Å². The number of methoxy groups -OCH3 is 1. The van der Waals surface area contributed by atoms with Gasteiger partial charge in [-0.15, -0.1) is 0 Å². The molecule has 3 rings (SSSR count). The predicted molar refractivity (Wildman–Crippen MR) is 154 cm³/mol. The first-order valence-corrected chi connectivity index (χ1v) is 14.3. The summed E-state index contributed by atoms with van der Waals surface area (Å²) < 4.78 is 34.2. The lowest BCUT2D eigenvalue weighted by Crippen LogP contribution is -2.51. The Morgan fingerprint density at radius 1 is 1.00 bits per heavy atom. The van der Waals surface area contributed by atoms with E-state index in [-0.39, 0.29) is 17.3 Å². The number of halogens is 1. The molecule has 10 heteroatoms. The Bertz CT molecular complexity index is 1410. The number of hydrogen-bond acceptors (Lipinski definition) is 5. The van der Waals surface area contributed by atoms with E-state index in [9.17, 15) is 18.0 Å². The van der Waals surface area contributed by atoms with Gasteiger partial charge in [0.2, 0.25) is 11.8 Å². The molecule has 0 saturated heterocycles. The molecule has 0 spiro atoms. The predicted octanol–water partition coefficient (Wildman–Crippen LogP) is 4.71. The van der Waals surface area contributed by atoms with Crippen LogP contribution in [0.3, 0.4) is 0 Å². The molecule has 208 valence electrons. The third kappa shape index (κ3) is 7.10. The number of rotatable bonds is 11. The van der Waals surface area contributed by atoms with E-state index in [2.05, 4.69) is 5.32 Å². The minimum Gasteiger partial charge on any atom is -0.497 e. The fourth-order valence-electron chi connectivity index (χ4n) is 4.26. The Hall–Kier alpha value is -3.56. The quantitative estimate of drug-likeness (QED) is 0.359. The number of anilines is 1. The van der Waals surface area contributed by atoms with Crippen LogP contribution in [0.15, 0.2) is 71.6 Å². The molecule has 0 aliphatic rings. The van der Waals surface area contributed by atoms with E-state index in [1.54, 1.807) is 75.6 Å². The molecule has 0 radical (unpaired) electrons. The number of ether oxygens (including phenoxy) is 1. The fourth-order valence-corrected chi connectivity index (χ4v) is 5.97. The van der Waals surface area contributed by atoms with Crippen LogP contribution in [-0.4, -0.2) is 51.9 Å². The number of nitrogens with zero attached hydrogens (tertiary/aromatic N) is 2. The summed E-state index contributed by atoms with van der Waals surface area (Å²) in [5, 5.41) is 3.06.